The number of hydrogen-bond donors (Lipinski definition) is 1. The SMILES string of the molecule is CSC1CCC(NCC(=O)N2CCCCC2)CC1. The van der Waals surface area contributed by atoms with Crippen LogP contribution in [0.2, 0.25) is 0 Å². The van der Waals surface area contributed by atoms with Crippen molar-refractivity contribution in [3.63, 3.8) is 0 Å². The van der Waals surface area contributed by atoms with E-state index in [2.05, 4.69) is 11.6 Å². The van der Waals surface area contributed by atoms with E-state index in [1.165, 1.54) is 44.9 Å². The van der Waals surface area contributed by atoms with Crippen LogP contribution in [0.4, 0.5) is 0 Å². The molecule has 18 heavy (non-hydrogen) atoms. The lowest BCUT2D eigenvalue weighted by Gasteiger charge is -2.30. The number of carbonyl (C=O) groups is 1. The summed E-state index contributed by atoms with van der Waals surface area (Å²) in [5.41, 5.74) is 0. The van der Waals surface area contributed by atoms with Gasteiger partial charge in [0.25, 0.3) is 0 Å². The zero-order valence-corrected chi connectivity index (χ0v) is 12.3. The Kier molecular flexibility index (Phi) is 5.83. The molecule has 1 aliphatic carbocycles. The van der Waals surface area contributed by atoms with Gasteiger partial charge in [-0.3, -0.25) is 4.79 Å². The second-order valence-electron chi connectivity index (χ2n) is 5.53. The zero-order chi connectivity index (χ0) is 12.8. The van der Waals surface area contributed by atoms with E-state index in [0.29, 0.717) is 18.5 Å². The van der Waals surface area contributed by atoms with Gasteiger partial charge in [-0.15, -0.1) is 0 Å². The molecular weight excluding hydrogens is 244 g/mol. The highest BCUT2D eigenvalue weighted by Gasteiger charge is 2.22. The summed E-state index contributed by atoms with van der Waals surface area (Å²) in [5.74, 6) is 0.307. The molecule has 0 radical (unpaired) electrons. The smallest absolute Gasteiger partial charge is 0.236 e. The molecule has 2 fully saturated rings. The maximum absolute atomic E-state index is 12.0. The van der Waals surface area contributed by atoms with E-state index in [1.54, 1.807) is 0 Å². The minimum atomic E-state index is 0.307. The van der Waals surface area contributed by atoms with Crippen molar-refractivity contribution in [1.82, 2.24) is 10.2 Å². The Bertz CT molecular complexity index is 259. The number of carbonyl (C=O) groups excluding carboxylic acids is 1. The fraction of sp³-hybridized carbons (Fsp3) is 0.929. The highest BCUT2D eigenvalue weighted by Crippen LogP contribution is 2.26. The van der Waals surface area contributed by atoms with Crippen molar-refractivity contribution < 1.29 is 4.79 Å². The van der Waals surface area contributed by atoms with Crippen molar-refractivity contribution in [3.8, 4) is 0 Å². The topological polar surface area (TPSA) is 32.3 Å². The van der Waals surface area contributed by atoms with Gasteiger partial charge in [0.15, 0.2) is 0 Å². The van der Waals surface area contributed by atoms with Crippen molar-refractivity contribution >= 4 is 17.7 Å². The standard InChI is InChI=1S/C14H26N2OS/c1-18-13-7-5-12(6-8-13)15-11-14(17)16-9-3-2-4-10-16/h12-13,15H,2-11H2,1H3. The number of hydrogen-bond acceptors (Lipinski definition) is 3. The average Bonchev–Trinajstić information content (AvgIpc) is 2.46. The van der Waals surface area contributed by atoms with Crippen LogP contribution in [0.25, 0.3) is 0 Å². The monoisotopic (exact) mass is 270 g/mol. The molecule has 1 amide bonds. The molecule has 1 heterocycles. The number of rotatable bonds is 4. The van der Waals surface area contributed by atoms with Gasteiger partial charge < -0.3 is 10.2 Å². The minimum absolute atomic E-state index is 0.307. The lowest BCUT2D eigenvalue weighted by molar-refractivity contribution is -0.131. The van der Waals surface area contributed by atoms with E-state index in [4.69, 9.17) is 0 Å². The minimum Gasteiger partial charge on any atom is -0.342 e. The van der Waals surface area contributed by atoms with Gasteiger partial charge in [-0.25, -0.2) is 0 Å². The first kappa shape index (κ1) is 14.2. The Morgan fingerprint density at radius 2 is 1.83 bits per heavy atom. The van der Waals surface area contributed by atoms with Crippen molar-refractivity contribution in [2.24, 2.45) is 0 Å². The highest BCUT2D eigenvalue weighted by molar-refractivity contribution is 7.99. The van der Waals surface area contributed by atoms with Gasteiger partial charge in [0.1, 0.15) is 0 Å². The molecule has 0 aromatic carbocycles. The fourth-order valence-corrected chi connectivity index (χ4v) is 3.73. The van der Waals surface area contributed by atoms with Crippen LogP contribution < -0.4 is 5.32 Å². The van der Waals surface area contributed by atoms with Crippen LogP contribution in [-0.4, -0.2) is 48.0 Å². The number of nitrogens with one attached hydrogen (secondary N) is 1. The Labute approximate surface area is 115 Å². The Balaban J connectivity index is 1.63. The maximum Gasteiger partial charge on any atom is 0.236 e. The van der Waals surface area contributed by atoms with E-state index >= 15 is 0 Å². The molecule has 1 saturated heterocycles. The Hall–Kier alpha value is -0.220. The maximum atomic E-state index is 12.0. The van der Waals surface area contributed by atoms with Crippen LogP contribution in [-0.2, 0) is 4.79 Å². The average molecular weight is 270 g/mol. The number of nitrogens with zero attached hydrogens (tertiary/aromatic N) is 1. The summed E-state index contributed by atoms with van der Waals surface area (Å²) >= 11 is 1.99. The van der Waals surface area contributed by atoms with Gasteiger partial charge in [0, 0.05) is 24.4 Å². The normalized spacial score (nSPS) is 29.3. The van der Waals surface area contributed by atoms with E-state index < -0.39 is 0 Å². The summed E-state index contributed by atoms with van der Waals surface area (Å²) in [4.78, 5) is 14.1. The first-order valence-corrected chi connectivity index (χ1v) is 8.62. The van der Waals surface area contributed by atoms with Crippen molar-refractivity contribution in [2.75, 3.05) is 25.9 Å². The molecule has 3 nitrogen and oxygen atoms in total. The molecule has 0 spiro atoms. The molecule has 2 rings (SSSR count). The van der Waals surface area contributed by atoms with Crippen molar-refractivity contribution in [3.05, 3.63) is 0 Å². The summed E-state index contributed by atoms with van der Waals surface area (Å²) in [6, 6.07) is 0.571. The van der Waals surface area contributed by atoms with Crippen LogP contribution in [0.5, 0.6) is 0 Å². The predicted molar refractivity (Wildman–Crippen MR) is 78.0 cm³/mol. The number of thioether (sulfide) groups is 1. The first-order chi connectivity index (χ1) is 8.79. The second-order valence-corrected chi connectivity index (χ2v) is 6.67. The summed E-state index contributed by atoms with van der Waals surface area (Å²) in [5, 5.41) is 4.31. The van der Waals surface area contributed by atoms with Gasteiger partial charge in [-0.1, -0.05) is 0 Å². The van der Waals surface area contributed by atoms with Gasteiger partial charge in [0.2, 0.25) is 5.91 Å². The van der Waals surface area contributed by atoms with Gasteiger partial charge in [-0.2, -0.15) is 11.8 Å². The molecule has 0 bridgehead atoms. The zero-order valence-electron chi connectivity index (χ0n) is 11.5. The second kappa shape index (κ2) is 7.39. The molecule has 4 heteroatoms. The predicted octanol–water partition coefficient (Wildman–Crippen LogP) is 2.26. The quantitative estimate of drug-likeness (QED) is 0.850. The lowest BCUT2D eigenvalue weighted by Crippen LogP contribution is -2.44. The third-order valence-electron chi connectivity index (χ3n) is 4.26. The van der Waals surface area contributed by atoms with Crippen LogP contribution in [0.15, 0.2) is 0 Å². The number of amides is 1. The Morgan fingerprint density at radius 1 is 1.17 bits per heavy atom. The van der Waals surface area contributed by atoms with Gasteiger partial charge in [-0.05, 0) is 51.2 Å². The van der Waals surface area contributed by atoms with Crippen LogP contribution in [0.3, 0.4) is 0 Å². The summed E-state index contributed by atoms with van der Waals surface area (Å²) in [6.07, 6.45) is 10.9. The van der Waals surface area contributed by atoms with Gasteiger partial charge >= 0.3 is 0 Å². The van der Waals surface area contributed by atoms with Crippen molar-refractivity contribution in [2.45, 2.75) is 56.2 Å². The molecule has 1 aliphatic heterocycles. The van der Waals surface area contributed by atoms with E-state index in [9.17, 15) is 4.79 Å². The molecule has 0 atom stereocenters. The van der Waals surface area contributed by atoms with Crippen LogP contribution in [0, 0.1) is 0 Å². The molecular formula is C14H26N2OS. The molecule has 104 valence electrons. The highest BCUT2D eigenvalue weighted by atomic mass is 32.2. The summed E-state index contributed by atoms with van der Waals surface area (Å²) in [6.45, 7) is 2.49. The van der Waals surface area contributed by atoms with Gasteiger partial charge in [0.05, 0.1) is 6.54 Å². The molecule has 2 aliphatic rings. The van der Waals surface area contributed by atoms with Crippen molar-refractivity contribution in [1.29, 1.82) is 0 Å². The molecule has 1 N–H and O–H groups in total. The first-order valence-electron chi connectivity index (χ1n) is 7.33. The van der Waals surface area contributed by atoms with E-state index in [0.717, 1.165) is 18.3 Å². The molecule has 0 unspecified atom stereocenters. The van der Waals surface area contributed by atoms with E-state index in [-0.39, 0.29) is 0 Å². The summed E-state index contributed by atoms with van der Waals surface area (Å²) < 4.78 is 0. The third-order valence-corrected chi connectivity index (χ3v) is 5.40. The molecule has 0 aromatic heterocycles. The Morgan fingerprint density at radius 3 is 2.44 bits per heavy atom. The molecule has 1 saturated carbocycles. The molecule has 0 aromatic rings. The lowest BCUT2D eigenvalue weighted by atomic mass is 9.95. The van der Waals surface area contributed by atoms with Crippen LogP contribution in [0.1, 0.15) is 44.9 Å². The summed E-state index contributed by atoms with van der Waals surface area (Å²) in [7, 11) is 0. The van der Waals surface area contributed by atoms with E-state index in [1.807, 2.05) is 16.7 Å². The third kappa shape index (κ3) is 4.16. The largest absolute Gasteiger partial charge is 0.342 e. The van der Waals surface area contributed by atoms with Crippen LogP contribution >= 0.6 is 11.8 Å². The number of piperidine rings is 1. The number of likely N-dealkylation sites (tertiary alicyclic amines) is 1. The fourth-order valence-electron chi connectivity index (χ4n) is 2.99.